The van der Waals surface area contributed by atoms with Gasteiger partial charge in [0.25, 0.3) is 0 Å². The molecular weight excluding hydrogens is 200 g/mol. The van der Waals surface area contributed by atoms with Gasteiger partial charge in [0.15, 0.2) is 0 Å². The van der Waals surface area contributed by atoms with E-state index in [0.717, 1.165) is 25.3 Å². The molecule has 1 amide bonds. The van der Waals surface area contributed by atoms with Gasteiger partial charge in [-0.25, -0.2) is 0 Å². The fraction of sp³-hybridized carbons (Fsp3) is 0.923. The maximum atomic E-state index is 11.7. The first-order valence-electron chi connectivity index (χ1n) is 6.61. The normalized spacial score (nSPS) is 26.7. The second kappa shape index (κ2) is 6.89. The minimum Gasteiger partial charge on any atom is -0.356 e. The third-order valence-electron chi connectivity index (χ3n) is 3.66. The van der Waals surface area contributed by atoms with E-state index in [-0.39, 0.29) is 11.8 Å². The van der Waals surface area contributed by atoms with Crippen LogP contribution < -0.4 is 11.1 Å². The summed E-state index contributed by atoms with van der Waals surface area (Å²) in [6.07, 6.45) is 5.72. The van der Waals surface area contributed by atoms with Gasteiger partial charge in [-0.2, -0.15) is 0 Å². The van der Waals surface area contributed by atoms with E-state index in [9.17, 15) is 4.79 Å². The molecule has 0 heterocycles. The summed E-state index contributed by atoms with van der Waals surface area (Å²) in [5.74, 6) is 1.87. The highest BCUT2D eigenvalue weighted by Gasteiger charge is 2.22. The van der Waals surface area contributed by atoms with Crippen LogP contribution in [0, 0.1) is 17.8 Å². The van der Waals surface area contributed by atoms with Crippen molar-refractivity contribution in [1.29, 1.82) is 0 Å². The number of rotatable bonds is 6. The summed E-state index contributed by atoms with van der Waals surface area (Å²) in [7, 11) is 0. The molecule has 1 aliphatic carbocycles. The van der Waals surface area contributed by atoms with Crippen LogP contribution in [0.5, 0.6) is 0 Å². The predicted molar refractivity (Wildman–Crippen MR) is 67.0 cm³/mol. The standard InChI is InChI=1S/C13H26N2O/c1-10-5-6-12(8-10)9-15-13(16)11(2)4-3-7-14/h10-12H,3-9,14H2,1-2H3,(H,15,16). The molecule has 1 fully saturated rings. The molecule has 0 radical (unpaired) electrons. The topological polar surface area (TPSA) is 55.1 Å². The largest absolute Gasteiger partial charge is 0.356 e. The Kier molecular flexibility index (Phi) is 5.81. The highest BCUT2D eigenvalue weighted by Crippen LogP contribution is 2.29. The lowest BCUT2D eigenvalue weighted by Crippen LogP contribution is -2.33. The molecule has 1 saturated carbocycles. The lowest BCUT2D eigenvalue weighted by Gasteiger charge is -2.14. The van der Waals surface area contributed by atoms with Crippen molar-refractivity contribution in [1.82, 2.24) is 5.32 Å². The SMILES string of the molecule is CC1CCC(CNC(=O)C(C)CCCN)C1. The molecule has 0 aliphatic heterocycles. The molecule has 3 nitrogen and oxygen atoms in total. The van der Waals surface area contributed by atoms with Crippen molar-refractivity contribution in [2.75, 3.05) is 13.1 Å². The lowest BCUT2D eigenvalue weighted by molar-refractivity contribution is -0.124. The molecule has 1 rings (SSSR count). The first-order valence-corrected chi connectivity index (χ1v) is 6.61. The molecule has 1 aliphatic rings. The first kappa shape index (κ1) is 13.5. The number of hydrogen-bond acceptors (Lipinski definition) is 2. The molecule has 0 aromatic carbocycles. The van der Waals surface area contributed by atoms with Gasteiger partial charge in [0.2, 0.25) is 5.91 Å². The van der Waals surface area contributed by atoms with E-state index in [1.54, 1.807) is 0 Å². The van der Waals surface area contributed by atoms with Gasteiger partial charge < -0.3 is 11.1 Å². The van der Waals surface area contributed by atoms with E-state index < -0.39 is 0 Å². The summed E-state index contributed by atoms with van der Waals surface area (Å²) in [6.45, 7) is 5.84. The maximum Gasteiger partial charge on any atom is 0.222 e. The van der Waals surface area contributed by atoms with Crippen LogP contribution in [0.25, 0.3) is 0 Å². The van der Waals surface area contributed by atoms with Gasteiger partial charge in [0.1, 0.15) is 0 Å². The summed E-state index contributed by atoms with van der Waals surface area (Å²) < 4.78 is 0. The zero-order chi connectivity index (χ0) is 12.0. The molecule has 3 unspecified atom stereocenters. The highest BCUT2D eigenvalue weighted by molar-refractivity contribution is 5.78. The maximum absolute atomic E-state index is 11.7. The van der Waals surface area contributed by atoms with Crippen LogP contribution in [-0.2, 0) is 4.79 Å². The monoisotopic (exact) mass is 226 g/mol. The molecule has 0 aromatic rings. The van der Waals surface area contributed by atoms with Gasteiger partial charge in [-0.15, -0.1) is 0 Å². The fourth-order valence-corrected chi connectivity index (χ4v) is 2.48. The summed E-state index contributed by atoms with van der Waals surface area (Å²) in [5.41, 5.74) is 5.43. The van der Waals surface area contributed by atoms with Crippen LogP contribution in [-0.4, -0.2) is 19.0 Å². The molecule has 3 N–H and O–H groups in total. The van der Waals surface area contributed by atoms with Crippen molar-refractivity contribution in [3.63, 3.8) is 0 Å². The average molecular weight is 226 g/mol. The zero-order valence-corrected chi connectivity index (χ0v) is 10.7. The Morgan fingerprint density at radius 3 is 2.81 bits per heavy atom. The lowest BCUT2D eigenvalue weighted by atomic mass is 10.0. The molecule has 0 bridgehead atoms. The smallest absolute Gasteiger partial charge is 0.222 e. The number of amides is 1. The number of nitrogens with one attached hydrogen (secondary N) is 1. The summed E-state index contributed by atoms with van der Waals surface area (Å²) in [4.78, 5) is 11.7. The van der Waals surface area contributed by atoms with Gasteiger partial charge in [0.05, 0.1) is 0 Å². The van der Waals surface area contributed by atoms with E-state index in [1.165, 1.54) is 19.3 Å². The van der Waals surface area contributed by atoms with Gasteiger partial charge in [-0.1, -0.05) is 20.3 Å². The third kappa shape index (κ3) is 4.52. The van der Waals surface area contributed by atoms with Crippen molar-refractivity contribution >= 4 is 5.91 Å². The van der Waals surface area contributed by atoms with Gasteiger partial charge in [-0.3, -0.25) is 4.79 Å². The van der Waals surface area contributed by atoms with E-state index in [4.69, 9.17) is 5.73 Å². The quantitative estimate of drug-likeness (QED) is 0.727. The number of hydrogen-bond donors (Lipinski definition) is 2. The Hall–Kier alpha value is -0.570. The Bertz CT molecular complexity index is 218. The molecule has 0 spiro atoms. The number of carbonyl (C=O) groups is 1. The summed E-state index contributed by atoms with van der Waals surface area (Å²) >= 11 is 0. The van der Waals surface area contributed by atoms with Crippen LogP contribution in [0.1, 0.15) is 46.0 Å². The molecule has 16 heavy (non-hydrogen) atoms. The Balaban J connectivity index is 2.14. The fourth-order valence-electron chi connectivity index (χ4n) is 2.48. The summed E-state index contributed by atoms with van der Waals surface area (Å²) in [5, 5.41) is 3.07. The summed E-state index contributed by atoms with van der Waals surface area (Å²) in [6, 6.07) is 0. The van der Waals surface area contributed by atoms with Crippen LogP contribution in [0.15, 0.2) is 0 Å². The number of nitrogens with two attached hydrogens (primary N) is 1. The molecule has 3 atom stereocenters. The van der Waals surface area contributed by atoms with Crippen molar-refractivity contribution < 1.29 is 4.79 Å². The Morgan fingerprint density at radius 1 is 1.50 bits per heavy atom. The van der Waals surface area contributed by atoms with Crippen molar-refractivity contribution in [2.24, 2.45) is 23.5 Å². The van der Waals surface area contributed by atoms with E-state index in [2.05, 4.69) is 12.2 Å². The molecule has 94 valence electrons. The molecule has 3 heteroatoms. The number of carbonyl (C=O) groups excluding carboxylic acids is 1. The second-order valence-corrected chi connectivity index (χ2v) is 5.36. The Labute approximate surface area is 99.2 Å². The van der Waals surface area contributed by atoms with Crippen molar-refractivity contribution in [3.05, 3.63) is 0 Å². The molecule has 0 aromatic heterocycles. The van der Waals surface area contributed by atoms with Gasteiger partial charge >= 0.3 is 0 Å². The van der Waals surface area contributed by atoms with Crippen LogP contribution in [0.3, 0.4) is 0 Å². The van der Waals surface area contributed by atoms with Crippen molar-refractivity contribution in [3.8, 4) is 0 Å². The predicted octanol–water partition coefficient (Wildman–Crippen LogP) is 1.91. The van der Waals surface area contributed by atoms with Crippen LogP contribution in [0.4, 0.5) is 0 Å². The first-order chi connectivity index (χ1) is 7.63. The van der Waals surface area contributed by atoms with E-state index in [0.29, 0.717) is 12.5 Å². The minimum atomic E-state index is 0.113. The zero-order valence-electron chi connectivity index (χ0n) is 10.7. The third-order valence-corrected chi connectivity index (χ3v) is 3.66. The van der Waals surface area contributed by atoms with Crippen LogP contribution >= 0.6 is 0 Å². The highest BCUT2D eigenvalue weighted by atomic mass is 16.1. The van der Waals surface area contributed by atoms with Crippen LogP contribution in [0.2, 0.25) is 0 Å². The molecule has 0 saturated heterocycles. The average Bonchev–Trinajstić information content (AvgIpc) is 2.68. The van der Waals surface area contributed by atoms with Gasteiger partial charge in [0, 0.05) is 12.5 Å². The van der Waals surface area contributed by atoms with E-state index >= 15 is 0 Å². The minimum absolute atomic E-state index is 0.113. The van der Waals surface area contributed by atoms with Gasteiger partial charge in [-0.05, 0) is 44.1 Å². The van der Waals surface area contributed by atoms with E-state index in [1.807, 2.05) is 6.92 Å². The Morgan fingerprint density at radius 2 is 2.25 bits per heavy atom. The molecular formula is C13H26N2O. The van der Waals surface area contributed by atoms with Crippen molar-refractivity contribution in [2.45, 2.75) is 46.0 Å². The second-order valence-electron chi connectivity index (χ2n) is 5.36.